The first-order valence-corrected chi connectivity index (χ1v) is 11.9. The van der Waals surface area contributed by atoms with E-state index >= 15 is 0 Å². The lowest BCUT2D eigenvalue weighted by Gasteiger charge is -2.32. The Kier molecular flexibility index (Phi) is 10.1. The predicted molar refractivity (Wildman–Crippen MR) is 146 cm³/mol. The molecule has 0 saturated carbocycles. The Morgan fingerprint density at radius 2 is 1.09 bits per heavy atom. The summed E-state index contributed by atoms with van der Waals surface area (Å²) in [6.07, 6.45) is 1.57. The third kappa shape index (κ3) is 8.10. The van der Waals surface area contributed by atoms with Gasteiger partial charge in [0, 0.05) is 25.6 Å². The molecule has 0 spiro atoms. The topological polar surface area (TPSA) is 40.5 Å². The van der Waals surface area contributed by atoms with E-state index in [4.69, 9.17) is 0 Å². The highest BCUT2D eigenvalue weighted by atomic mass is 35.5. The Hall–Kier alpha value is -3.40. The van der Waals surface area contributed by atoms with Gasteiger partial charge in [-0.1, -0.05) is 115 Å². The zero-order chi connectivity index (χ0) is 23.6. The molecule has 0 aliphatic carbocycles. The summed E-state index contributed by atoms with van der Waals surface area (Å²) in [5.41, 5.74) is 6.08. The first kappa shape index (κ1) is 26.2. The van der Waals surface area contributed by atoms with E-state index in [0.29, 0.717) is 6.42 Å². The molecule has 0 heterocycles. The summed E-state index contributed by atoms with van der Waals surface area (Å²) in [7, 11) is 0. The second kappa shape index (κ2) is 13.5. The number of carbonyl (C=O) groups is 1. The molecule has 35 heavy (non-hydrogen) atoms. The minimum atomic E-state index is -0.746. The summed E-state index contributed by atoms with van der Waals surface area (Å²) < 4.78 is 0. The average molecular weight is 486 g/mol. The fourth-order valence-corrected chi connectivity index (χ4v) is 4.39. The first-order chi connectivity index (χ1) is 16.7. The van der Waals surface area contributed by atoms with Crippen molar-refractivity contribution in [1.29, 1.82) is 0 Å². The van der Waals surface area contributed by atoms with Crippen LogP contribution in [0.2, 0.25) is 0 Å². The normalized spacial score (nSPS) is 11.6. The summed E-state index contributed by atoms with van der Waals surface area (Å²) in [6, 6.07) is 40.0. The summed E-state index contributed by atoms with van der Waals surface area (Å²) >= 11 is 0. The van der Waals surface area contributed by atoms with Crippen LogP contribution in [0.3, 0.4) is 0 Å². The monoisotopic (exact) mass is 485 g/mol. The van der Waals surface area contributed by atoms with E-state index < -0.39 is 5.97 Å². The number of benzene rings is 4. The van der Waals surface area contributed by atoms with Gasteiger partial charge >= 0.3 is 5.97 Å². The van der Waals surface area contributed by atoms with Gasteiger partial charge in [-0.3, -0.25) is 9.69 Å². The number of hydrogen-bond acceptors (Lipinski definition) is 2. The van der Waals surface area contributed by atoms with Crippen LogP contribution in [0.4, 0.5) is 0 Å². The zero-order valence-electron chi connectivity index (χ0n) is 19.8. The van der Waals surface area contributed by atoms with Crippen LogP contribution in [0, 0.1) is 0 Å². The minimum Gasteiger partial charge on any atom is -0.481 e. The molecule has 0 aromatic heterocycles. The lowest BCUT2D eigenvalue weighted by Crippen LogP contribution is -2.36. The van der Waals surface area contributed by atoms with Crippen LogP contribution in [-0.4, -0.2) is 22.0 Å². The molecule has 4 aromatic carbocycles. The van der Waals surface area contributed by atoms with Crippen LogP contribution in [0.25, 0.3) is 11.1 Å². The van der Waals surface area contributed by atoms with Crippen LogP contribution in [0.5, 0.6) is 0 Å². The molecule has 0 unspecified atom stereocenters. The second-order valence-corrected chi connectivity index (χ2v) is 8.73. The number of nitrogens with zero attached hydrogens (tertiary/aromatic N) is 1. The lowest BCUT2D eigenvalue weighted by molar-refractivity contribution is -0.137. The number of hydrogen-bond donors (Lipinski definition) is 1. The molecular weight excluding hydrogens is 454 g/mol. The maximum Gasteiger partial charge on any atom is 0.303 e. The van der Waals surface area contributed by atoms with Crippen molar-refractivity contribution in [3.63, 3.8) is 0 Å². The Bertz CT molecular complexity index is 1110. The predicted octanol–water partition coefficient (Wildman–Crippen LogP) is 7.25. The molecule has 4 aromatic rings. The van der Waals surface area contributed by atoms with E-state index in [1.807, 2.05) is 18.2 Å². The van der Waals surface area contributed by atoms with E-state index in [-0.39, 0.29) is 24.9 Å². The SMILES string of the molecule is Cl.O=C(O)CC[C@@H](Cc1ccc(-c2ccccc2)cc1)N(Cc1ccccc1)Cc1ccccc1. The number of aliphatic carboxylic acids is 1. The molecule has 0 bridgehead atoms. The molecule has 4 rings (SSSR count). The van der Waals surface area contributed by atoms with E-state index in [1.54, 1.807) is 0 Å². The van der Waals surface area contributed by atoms with Gasteiger partial charge < -0.3 is 5.11 Å². The average Bonchev–Trinajstić information content (AvgIpc) is 2.88. The third-order valence-electron chi connectivity index (χ3n) is 6.20. The largest absolute Gasteiger partial charge is 0.481 e. The van der Waals surface area contributed by atoms with Gasteiger partial charge in [0.1, 0.15) is 0 Å². The second-order valence-electron chi connectivity index (χ2n) is 8.73. The van der Waals surface area contributed by atoms with Crippen molar-refractivity contribution in [3.05, 3.63) is 132 Å². The van der Waals surface area contributed by atoms with Gasteiger partial charge in [-0.15, -0.1) is 12.4 Å². The number of rotatable bonds is 11. The van der Waals surface area contributed by atoms with Crippen LogP contribution in [0.1, 0.15) is 29.5 Å². The van der Waals surface area contributed by atoms with Crippen molar-refractivity contribution in [2.45, 2.75) is 38.4 Å². The van der Waals surface area contributed by atoms with Gasteiger partial charge in [0.05, 0.1) is 0 Å². The highest BCUT2D eigenvalue weighted by Gasteiger charge is 2.21. The first-order valence-electron chi connectivity index (χ1n) is 11.9. The van der Waals surface area contributed by atoms with Crippen LogP contribution >= 0.6 is 12.4 Å². The van der Waals surface area contributed by atoms with E-state index in [0.717, 1.165) is 19.5 Å². The maximum atomic E-state index is 11.5. The highest BCUT2D eigenvalue weighted by molar-refractivity contribution is 5.85. The molecule has 3 nitrogen and oxygen atoms in total. The highest BCUT2D eigenvalue weighted by Crippen LogP contribution is 2.23. The Balaban J connectivity index is 0.00000342. The third-order valence-corrected chi connectivity index (χ3v) is 6.20. The number of carboxylic acids is 1. The molecule has 0 radical (unpaired) electrons. The molecule has 0 saturated heterocycles. The Labute approximate surface area is 214 Å². The van der Waals surface area contributed by atoms with Gasteiger partial charge in [0.2, 0.25) is 0 Å². The fraction of sp³-hybridized carbons (Fsp3) is 0.194. The zero-order valence-corrected chi connectivity index (χ0v) is 20.6. The van der Waals surface area contributed by atoms with Crippen molar-refractivity contribution < 1.29 is 9.90 Å². The van der Waals surface area contributed by atoms with Crippen molar-refractivity contribution in [1.82, 2.24) is 4.90 Å². The fourth-order valence-electron chi connectivity index (χ4n) is 4.39. The molecule has 0 amide bonds. The summed E-state index contributed by atoms with van der Waals surface area (Å²) in [5, 5.41) is 9.43. The molecule has 1 N–H and O–H groups in total. The van der Waals surface area contributed by atoms with Crippen molar-refractivity contribution >= 4 is 18.4 Å². The van der Waals surface area contributed by atoms with E-state index in [9.17, 15) is 9.90 Å². The molecule has 0 aliphatic heterocycles. The summed E-state index contributed by atoms with van der Waals surface area (Å²) in [4.78, 5) is 13.9. The van der Waals surface area contributed by atoms with Gasteiger partial charge in [-0.05, 0) is 40.7 Å². The van der Waals surface area contributed by atoms with Gasteiger partial charge in [-0.2, -0.15) is 0 Å². The quantitative estimate of drug-likeness (QED) is 0.243. The Morgan fingerprint density at radius 1 is 0.629 bits per heavy atom. The minimum absolute atomic E-state index is 0. The summed E-state index contributed by atoms with van der Waals surface area (Å²) in [6.45, 7) is 1.56. The van der Waals surface area contributed by atoms with Crippen LogP contribution in [0.15, 0.2) is 115 Å². The lowest BCUT2D eigenvalue weighted by atomic mass is 9.96. The van der Waals surface area contributed by atoms with E-state index in [2.05, 4.69) is 102 Å². The number of carboxylic acid groups (broad SMARTS) is 1. The molecular formula is C31H32ClNO2. The Morgan fingerprint density at radius 3 is 1.57 bits per heavy atom. The number of halogens is 1. The van der Waals surface area contributed by atoms with E-state index in [1.165, 1.54) is 27.8 Å². The van der Waals surface area contributed by atoms with Crippen LogP contribution < -0.4 is 0 Å². The van der Waals surface area contributed by atoms with Gasteiger partial charge in [0.25, 0.3) is 0 Å². The molecule has 4 heteroatoms. The molecule has 1 atom stereocenters. The van der Waals surface area contributed by atoms with Gasteiger partial charge in [0.15, 0.2) is 0 Å². The molecule has 0 fully saturated rings. The van der Waals surface area contributed by atoms with Crippen molar-refractivity contribution in [2.75, 3.05) is 0 Å². The van der Waals surface area contributed by atoms with Crippen molar-refractivity contribution in [3.8, 4) is 11.1 Å². The van der Waals surface area contributed by atoms with Gasteiger partial charge in [-0.25, -0.2) is 0 Å². The molecule has 180 valence electrons. The standard InChI is InChI=1S/C31H31NO2.ClH/c33-31(34)21-20-30(22-25-16-18-29(19-17-25)28-14-8-3-9-15-28)32(23-26-10-4-1-5-11-26)24-27-12-6-2-7-13-27;/h1-19,30H,20-24H2,(H,33,34);1H/t30-;/m0./s1. The van der Waals surface area contributed by atoms with Crippen LogP contribution in [-0.2, 0) is 24.3 Å². The maximum absolute atomic E-state index is 11.5. The van der Waals surface area contributed by atoms with Crippen molar-refractivity contribution in [2.24, 2.45) is 0 Å². The molecule has 0 aliphatic rings. The smallest absolute Gasteiger partial charge is 0.303 e. The summed E-state index contributed by atoms with van der Waals surface area (Å²) in [5.74, 6) is -0.746.